The van der Waals surface area contributed by atoms with Gasteiger partial charge < -0.3 is 14.4 Å². The highest BCUT2D eigenvalue weighted by atomic mass is 79.9. The molecule has 0 bridgehead atoms. The van der Waals surface area contributed by atoms with Crippen LogP contribution in [0.1, 0.15) is 35.9 Å². The normalized spacial score (nSPS) is 21.6. The minimum atomic E-state index is -0.847. The summed E-state index contributed by atoms with van der Waals surface area (Å²) < 4.78 is 6.67. The van der Waals surface area contributed by atoms with E-state index in [0.29, 0.717) is 30.7 Å². The predicted octanol–water partition coefficient (Wildman–Crippen LogP) is 3.83. The number of carboxylic acids is 1. The van der Waals surface area contributed by atoms with E-state index in [9.17, 15) is 14.7 Å². The van der Waals surface area contributed by atoms with E-state index in [1.807, 2.05) is 25.1 Å². The highest BCUT2D eigenvalue weighted by molar-refractivity contribution is 9.10. The summed E-state index contributed by atoms with van der Waals surface area (Å²) in [4.78, 5) is 25.9. The highest BCUT2D eigenvalue weighted by Gasteiger charge is 2.37. The molecule has 3 rings (SSSR count). The van der Waals surface area contributed by atoms with Crippen LogP contribution in [0, 0.1) is 12.8 Å². The maximum atomic E-state index is 12.9. The summed E-state index contributed by atoms with van der Waals surface area (Å²) in [5, 5.41) is 10.2. The number of hydrogen-bond donors (Lipinski definition) is 1. The highest BCUT2D eigenvalue weighted by Crippen LogP contribution is 2.31. The van der Waals surface area contributed by atoms with Gasteiger partial charge in [0.15, 0.2) is 5.76 Å². The zero-order chi connectivity index (χ0) is 16.7. The van der Waals surface area contributed by atoms with Crippen LogP contribution < -0.4 is 0 Å². The fraction of sp³-hybridized carbons (Fsp3) is 0.412. The van der Waals surface area contributed by atoms with Crippen LogP contribution in [0.4, 0.5) is 0 Å². The Morgan fingerprint density at radius 3 is 2.83 bits per heavy atom. The Morgan fingerprint density at radius 2 is 2.13 bits per heavy atom. The third-order valence-electron chi connectivity index (χ3n) is 4.66. The lowest BCUT2D eigenvalue weighted by Gasteiger charge is -2.37. The molecule has 1 aromatic carbocycles. The molecule has 23 heavy (non-hydrogen) atoms. The van der Waals surface area contributed by atoms with E-state index in [4.69, 9.17) is 4.42 Å². The lowest BCUT2D eigenvalue weighted by Crippen LogP contribution is -2.49. The van der Waals surface area contributed by atoms with Gasteiger partial charge in [-0.3, -0.25) is 9.59 Å². The first-order chi connectivity index (χ1) is 10.9. The number of halogens is 1. The Labute approximate surface area is 142 Å². The number of furan rings is 1. The second-order valence-corrected chi connectivity index (χ2v) is 6.94. The number of carbonyl (C=O) groups excluding carboxylic acids is 1. The SMILES string of the molecule is Cc1c(C(=O)N2CCC[C@@H](C(=O)O)[C@H]2C)oc2ccc(Br)cc12. The summed E-state index contributed by atoms with van der Waals surface area (Å²) in [6, 6.07) is 5.27. The van der Waals surface area contributed by atoms with E-state index < -0.39 is 11.9 Å². The molecule has 0 unspecified atom stereocenters. The first-order valence-electron chi connectivity index (χ1n) is 7.62. The summed E-state index contributed by atoms with van der Waals surface area (Å²) in [6.45, 7) is 4.21. The number of likely N-dealkylation sites (tertiary alicyclic amines) is 1. The van der Waals surface area contributed by atoms with Gasteiger partial charge in [0, 0.05) is 28.0 Å². The van der Waals surface area contributed by atoms with Crippen molar-refractivity contribution in [2.75, 3.05) is 6.54 Å². The molecule has 1 aliphatic rings. The summed E-state index contributed by atoms with van der Waals surface area (Å²) in [7, 11) is 0. The van der Waals surface area contributed by atoms with Crippen LogP contribution in [0.3, 0.4) is 0 Å². The molecule has 1 N–H and O–H groups in total. The molecule has 2 aromatic rings. The van der Waals surface area contributed by atoms with Crippen LogP contribution in [0.15, 0.2) is 27.1 Å². The maximum absolute atomic E-state index is 12.9. The number of fused-ring (bicyclic) bond motifs is 1. The van der Waals surface area contributed by atoms with Crippen molar-refractivity contribution in [2.24, 2.45) is 5.92 Å². The molecule has 0 radical (unpaired) electrons. The number of aliphatic carboxylic acids is 1. The molecule has 2 heterocycles. The molecule has 1 saturated heterocycles. The number of aryl methyl sites for hydroxylation is 1. The van der Waals surface area contributed by atoms with Crippen LogP contribution in [-0.4, -0.2) is 34.5 Å². The molecule has 2 atom stereocenters. The van der Waals surface area contributed by atoms with E-state index in [-0.39, 0.29) is 11.9 Å². The van der Waals surface area contributed by atoms with Crippen molar-refractivity contribution in [3.63, 3.8) is 0 Å². The average molecular weight is 380 g/mol. The Morgan fingerprint density at radius 1 is 1.39 bits per heavy atom. The van der Waals surface area contributed by atoms with Gasteiger partial charge in [0.25, 0.3) is 5.91 Å². The second kappa shape index (κ2) is 6.00. The van der Waals surface area contributed by atoms with Crippen LogP contribution in [0.25, 0.3) is 11.0 Å². The number of hydrogen-bond acceptors (Lipinski definition) is 3. The molecule has 5 nitrogen and oxygen atoms in total. The van der Waals surface area contributed by atoms with Crippen molar-refractivity contribution < 1.29 is 19.1 Å². The lowest BCUT2D eigenvalue weighted by molar-refractivity contribution is -0.145. The molecule has 6 heteroatoms. The quantitative estimate of drug-likeness (QED) is 0.860. The number of nitrogens with zero attached hydrogens (tertiary/aromatic N) is 1. The monoisotopic (exact) mass is 379 g/mol. The summed E-state index contributed by atoms with van der Waals surface area (Å²) in [5.41, 5.74) is 1.45. The van der Waals surface area contributed by atoms with Gasteiger partial charge >= 0.3 is 5.97 Å². The lowest BCUT2D eigenvalue weighted by atomic mass is 9.90. The van der Waals surface area contributed by atoms with Crippen LogP contribution in [-0.2, 0) is 4.79 Å². The number of rotatable bonds is 2. The molecular formula is C17H18BrNO4. The van der Waals surface area contributed by atoms with Crippen molar-refractivity contribution in [1.82, 2.24) is 4.90 Å². The first kappa shape index (κ1) is 16.1. The fourth-order valence-electron chi connectivity index (χ4n) is 3.29. The smallest absolute Gasteiger partial charge is 0.308 e. The Balaban J connectivity index is 1.97. The van der Waals surface area contributed by atoms with Crippen molar-refractivity contribution in [1.29, 1.82) is 0 Å². The van der Waals surface area contributed by atoms with Crippen LogP contribution in [0.2, 0.25) is 0 Å². The summed E-state index contributed by atoms with van der Waals surface area (Å²) in [6.07, 6.45) is 1.30. The minimum Gasteiger partial charge on any atom is -0.481 e. The van der Waals surface area contributed by atoms with Gasteiger partial charge in [0.2, 0.25) is 0 Å². The largest absolute Gasteiger partial charge is 0.481 e. The molecule has 1 fully saturated rings. The summed E-state index contributed by atoms with van der Waals surface area (Å²) >= 11 is 3.42. The zero-order valence-electron chi connectivity index (χ0n) is 13.0. The Bertz CT molecular complexity index is 782. The van der Waals surface area contributed by atoms with Gasteiger partial charge in [-0.15, -0.1) is 0 Å². The maximum Gasteiger partial charge on any atom is 0.308 e. The Hall–Kier alpha value is -1.82. The van der Waals surface area contributed by atoms with E-state index >= 15 is 0 Å². The molecule has 1 aromatic heterocycles. The van der Waals surface area contributed by atoms with Gasteiger partial charge in [-0.2, -0.15) is 0 Å². The van der Waals surface area contributed by atoms with Crippen molar-refractivity contribution in [2.45, 2.75) is 32.7 Å². The molecule has 0 spiro atoms. The number of benzene rings is 1. The van der Waals surface area contributed by atoms with E-state index in [1.165, 1.54) is 0 Å². The van der Waals surface area contributed by atoms with E-state index in [2.05, 4.69) is 15.9 Å². The zero-order valence-corrected chi connectivity index (χ0v) is 14.6. The Kier molecular flexibility index (Phi) is 4.19. The fourth-order valence-corrected chi connectivity index (χ4v) is 3.65. The predicted molar refractivity (Wildman–Crippen MR) is 89.5 cm³/mol. The minimum absolute atomic E-state index is 0.228. The molecular weight excluding hydrogens is 362 g/mol. The standard InChI is InChI=1S/C17H18BrNO4/c1-9-13-8-11(18)5-6-14(13)23-15(9)16(20)19-7-3-4-12(10(19)2)17(21)22/h5-6,8,10,12H,3-4,7H2,1-2H3,(H,21,22)/t10-,12-/m1/s1. The molecule has 1 aliphatic heterocycles. The number of carboxylic acid groups (broad SMARTS) is 1. The third kappa shape index (κ3) is 2.76. The topological polar surface area (TPSA) is 70.8 Å². The molecule has 0 saturated carbocycles. The summed E-state index contributed by atoms with van der Waals surface area (Å²) in [5.74, 6) is -1.30. The average Bonchev–Trinajstić information content (AvgIpc) is 2.83. The van der Waals surface area contributed by atoms with Gasteiger partial charge in [-0.05, 0) is 44.9 Å². The molecule has 0 aliphatic carbocycles. The van der Waals surface area contributed by atoms with Crippen molar-refractivity contribution in [3.05, 3.63) is 34.0 Å². The van der Waals surface area contributed by atoms with Gasteiger partial charge in [0.05, 0.1) is 5.92 Å². The van der Waals surface area contributed by atoms with E-state index in [0.717, 1.165) is 15.4 Å². The molecule has 1 amide bonds. The van der Waals surface area contributed by atoms with Crippen molar-refractivity contribution >= 4 is 38.8 Å². The number of amides is 1. The molecule has 122 valence electrons. The number of carbonyl (C=O) groups is 2. The van der Waals surface area contributed by atoms with Gasteiger partial charge in [-0.25, -0.2) is 0 Å². The third-order valence-corrected chi connectivity index (χ3v) is 5.15. The van der Waals surface area contributed by atoms with Gasteiger partial charge in [0.1, 0.15) is 5.58 Å². The first-order valence-corrected chi connectivity index (χ1v) is 8.42. The van der Waals surface area contributed by atoms with E-state index in [1.54, 1.807) is 11.8 Å². The van der Waals surface area contributed by atoms with Crippen LogP contribution in [0.5, 0.6) is 0 Å². The van der Waals surface area contributed by atoms with Crippen molar-refractivity contribution in [3.8, 4) is 0 Å². The number of piperidine rings is 1. The van der Waals surface area contributed by atoms with Gasteiger partial charge in [-0.1, -0.05) is 15.9 Å². The second-order valence-electron chi connectivity index (χ2n) is 6.02. The van der Waals surface area contributed by atoms with Crippen LogP contribution >= 0.6 is 15.9 Å².